The van der Waals surface area contributed by atoms with Gasteiger partial charge in [-0.05, 0) is 43.7 Å². The highest BCUT2D eigenvalue weighted by Crippen LogP contribution is 2.19. The van der Waals surface area contributed by atoms with Crippen LogP contribution in [0, 0.1) is 6.92 Å². The number of fused-ring (bicyclic) bond motifs is 3. The summed E-state index contributed by atoms with van der Waals surface area (Å²) in [5.74, 6) is 0.865. The van der Waals surface area contributed by atoms with Crippen LogP contribution in [0.1, 0.15) is 12.0 Å². The van der Waals surface area contributed by atoms with Gasteiger partial charge in [-0.3, -0.25) is 4.40 Å². The molecule has 0 fully saturated rings. The van der Waals surface area contributed by atoms with Gasteiger partial charge in [0.05, 0.1) is 0 Å². The molecule has 5 heteroatoms. The smallest absolute Gasteiger partial charge is 0.166 e. The molecule has 0 saturated heterocycles. The minimum atomic E-state index is 0.685. The molecule has 3 heterocycles. The van der Waals surface area contributed by atoms with Crippen LogP contribution in [0.4, 0.5) is 5.82 Å². The van der Waals surface area contributed by atoms with E-state index in [9.17, 15) is 0 Å². The predicted molar refractivity (Wildman–Crippen MR) is 77.4 cm³/mol. The lowest BCUT2D eigenvalue weighted by molar-refractivity contribution is 0.870. The minimum absolute atomic E-state index is 0.685. The molecule has 3 rings (SSSR count). The number of hydrogen-bond acceptors (Lipinski definition) is 4. The Morgan fingerprint density at radius 3 is 2.95 bits per heavy atom. The fraction of sp³-hybridized carbons (Fsp3) is 0.286. The van der Waals surface area contributed by atoms with Crippen molar-refractivity contribution in [3.05, 3.63) is 36.0 Å². The van der Waals surface area contributed by atoms with E-state index in [0.29, 0.717) is 6.54 Å². The third kappa shape index (κ3) is 2.13. The van der Waals surface area contributed by atoms with Gasteiger partial charge in [0.1, 0.15) is 17.0 Å². The maximum Gasteiger partial charge on any atom is 0.166 e. The molecule has 0 atom stereocenters. The molecule has 3 aromatic rings. The fourth-order valence-electron chi connectivity index (χ4n) is 2.16. The van der Waals surface area contributed by atoms with Crippen LogP contribution in [-0.2, 0) is 0 Å². The molecule has 0 aromatic carbocycles. The van der Waals surface area contributed by atoms with E-state index in [1.807, 2.05) is 28.8 Å². The maximum atomic E-state index is 5.48. The first kappa shape index (κ1) is 11.9. The molecule has 5 nitrogen and oxygen atoms in total. The second kappa shape index (κ2) is 4.85. The van der Waals surface area contributed by atoms with Gasteiger partial charge in [-0.1, -0.05) is 6.07 Å². The molecular weight excluding hydrogens is 238 g/mol. The van der Waals surface area contributed by atoms with Crippen LogP contribution in [0.3, 0.4) is 0 Å². The summed E-state index contributed by atoms with van der Waals surface area (Å²) in [5, 5.41) is 3.27. The van der Waals surface area contributed by atoms with Crippen molar-refractivity contribution in [2.45, 2.75) is 13.3 Å². The van der Waals surface area contributed by atoms with Crippen molar-refractivity contribution in [2.24, 2.45) is 5.73 Å². The summed E-state index contributed by atoms with van der Waals surface area (Å²) in [4.78, 5) is 9.23. The summed E-state index contributed by atoms with van der Waals surface area (Å²) < 4.78 is 2.03. The lowest BCUT2D eigenvalue weighted by atomic mass is 10.3. The molecule has 3 aromatic heterocycles. The van der Waals surface area contributed by atoms with Crippen molar-refractivity contribution in [1.82, 2.24) is 14.4 Å². The van der Waals surface area contributed by atoms with Gasteiger partial charge in [0.2, 0.25) is 0 Å². The van der Waals surface area contributed by atoms with E-state index in [0.717, 1.165) is 41.2 Å². The number of imidazole rings is 1. The van der Waals surface area contributed by atoms with Crippen molar-refractivity contribution in [3.8, 4) is 0 Å². The largest absolute Gasteiger partial charge is 0.370 e. The highest BCUT2D eigenvalue weighted by Gasteiger charge is 2.07. The van der Waals surface area contributed by atoms with E-state index < -0.39 is 0 Å². The second-order valence-electron chi connectivity index (χ2n) is 4.60. The van der Waals surface area contributed by atoms with Crippen molar-refractivity contribution in [1.29, 1.82) is 0 Å². The fourth-order valence-corrected chi connectivity index (χ4v) is 2.16. The Morgan fingerprint density at radius 1 is 1.21 bits per heavy atom. The first-order chi connectivity index (χ1) is 9.29. The summed E-state index contributed by atoms with van der Waals surface area (Å²) in [5.41, 5.74) is 9.40. The molecule has 0 saturated carbocycles. The number of hydrogen-bond donors (Lipinski definition) is 2. The van der Waals surface area contributed by atoms with Gasteiger partial charge in [0.25, 0.3) is 0 Å². The summed E-state index contributed by atoms with van der Waals surface area (Å²) >= 11 is 0. The molecule has 0 unspecified atom stereocenters. The average Bonchev–Trinajstić information content (AvgIpc) is 2.79. The lowest BCUT2D eigenvalue weighted by Crippen LogP contribution is -2.09. The number of nitrogens with zero attached hydrogens (tertiary/aromatic N) is 3. The van der Waals surface area contributed by atoms with Gasteiger partial charge < -0.3 is 11.1 Å². The van der Waals surface area contributed by atoms with Crippen molar-refractivity contribution in [2.75, 3.05) is 18.4 Å². The standard InChI is InChI=1S/C14H17N5/c1-10-4-2-9-19-13(10)17-11-5-6-12(18-14(11)19)16-8-3-7-15/h2,4-6,9H,3,7-8,15H2,1H3,(H,16,18). The van der Waals surface area contributed by atoms with Gasteiger partial charge in [0.15, 0.2) is 5.65 Å². The van der Waals surface area contributed by atoms with E-state index in [2.05, 4.69) is 28.3 Å². The summed E-state index contributed by atoms with van der Waals surface area (Å²) in [6.45, 7) is 3.58. The number of anilines is 1. The Hall–Kier alpha value is -2.14. The van der Waals surface area contributed by atoms with Crippen molar-refractivity contribution < 1.29 is 0 Å². The van der Waals surface area contributed by atoms with Crippen LogP contribution in [0.15, 0.2) is 30.5 Å². The molecule has 0 spiro atoms. The molecule has 3 N–H and O–H groups in total. The average molecular weight is 255 g/mol. The second-order valence-corrected chi connectivity index (χ2v) is 4.60. The zero-order valence-electron chi connectivity index (χ0n) is 10.9. The van der Waals surface area contributed by atoms with E-state index in [4.69, 9.17) is 5.73 Å². The van der Waals surface area contributed by atoms with Crippen LogP contribution >= 0.6 is 0 Å². The first-order valence-electron chi connectivity index (χ1n) is 6.48. The minimum Gasteiger partial charge on any atom is -0.370 e. The first-order valence-corrected chi connectivity index (χ1v) is 6.48. The molecule has 0 aliphatic carbocycles. The summed E-state index contributed by atoms with van der Waals surface area (Å²) in [6.07, 6.45) is 2.93. The predicted octanol–water partition coefficient (Wildman–Crippen LogP) is 1.95. The van der Waals surface area contributed by atoms with Gasteiger partial charge in [-0.15, -0.1) is 0 Å². The monoisotopic (exact) mass is 255 g/mol. The van der Waals surface area contributed by atoms with E-state index >= 15 is 0 Å². The zero-order valence-corrected chi connectivity index (χ0v) is 10.9. The quantitative estimate of drug-likeness (QED) is 0.699. The Morgan fingerprint density at radius 2 is 2.11 bits per heavy atom. The molecule has 19 heavy (non-hydrogen) atoms. The summed E-state index contributed by atoms with van der Waals surface area (Å²) in [7, 11) is 0. The summed E-state index contributed by atoms with van der Waals surface area (Å²) in [6, 6.07) is 8.03. The maximum absolute atomic E-state index is 5.48. The molecule has 0 bridgehead atoms. The van der Waals surface area contributed by atoms with Crippen molar-refractivity contribution in [3.63, 3.8) is 0 Å². The Bertz CT molecular complexity index is 716. The Kier molecular flexibility index (Phi) is 3.05. The zero-order chi connectivity index (χ0) is 13.2. The number of nitrogens with two attached hydrogens (primary N) is 1. The topological polar surface area (TPSA) is 68.2 Å². The molecule has 0 amide bonds. The van der Waals surface area contributed by atoms with Crippen LogP contribution < -0.4 is 11.1 Å². The third-order valence-electron chi connectivity index (χ3n) is 3.16. The number of aryl methyl sites for hydroxylation is 1. The molecule has 0 radical (unpaired) electrons. The highest BCUT2D eigenvalue weighted by atomic mass is 15.1. The number of rotatable bonds is 4. The third-order valence-corrected chi connectivity index (χ3v) is 3.16. The number of aromatic nitrogens is 3. The van der Waals surface area contributed by atoms with E-state index in [1.165, 1.54) is 0 Å². The molecular formula is C14H17N5. The number of pyridine rings is 2. The lowest BCUT2D eigenvalue weighted by Gasteiger charge is -2.04. The Labute approximate surface area is 111 Å². The van der Waals surface area contributed by atoms with Crippen LogP contribution in [0.2, 0.25) is 0 Å². The van der Waals surface area contributed by atoms with Crippen LogP contribution in [0.5, 0.6) is 0 Å². The van der Waals surface area contributed by atoms with Crippen LogP contribution in [0.25, 0.3) is 16.8 Å². The van der Waals surface area contributed by atoms with E-state index in [-0.39, 0.29) is 0 Å². The number of nitrogens with one attached hydrogen (secondary N) is 1. The molecule has 98 valence electrons. The van der Waals surface area contributed by atoms with Gasteiger partial charge in [-0.25, -0.2) is 9.97 Å². The molecule has 0 aliphatic heterocycles. The normalized spacial score (nSPS) is 11.3. The van der Waals surface area contributed by atoms with E-state index in [1.54, 1.807) is 0 Å². The van der Waals surface area contributed by atoms with Gasteiger partial charge in [0, 0.05) is 12.7 Å². The van der Waals surface area contributed by atoms with Gasteiger partial charge in [-0.2, -0.15) is 0 Å². The Balaban J connectivity index is 2.06. The SMILES string of the molecule is Cc1cccn2c1nc1ccc(NCCCN)nc12. The van der Waals surface area contributed by atoms with Gasteiger partial charge >= 0.3 is 0 Å². The van der Waals surface area contributed by atoms with Crippen molar-refractivity contribution >= 4 is 22.6 Å². The van der Waals surface area contributed by atoms with Crippen LogP contribution in [-0.4, -0.2) is 27.5 Å². The molecule has 0 aliphatic rings. The highest BCUT2D eigenvalue weighted by molar-refractivity contribution is 5.79.